The first kappa shape index (κ1) is 12.9. The fourth-order valence-corrected chi connectivity index (χ4v) is 1.27. The van der Waals surface area contributed by atoms with Gasteiger partial charge in [0.25, 0.3) is 0 Å². The number of rotatable bonds is 0. The average molecular weight is 302 g/mol. The van der Waals surface area contributed by atoms with Crippen LogP contribution in [0.3, 0.4) is 0 Å². The van der Waals surface area contributed by atoms with Crippen LogP contribution in [0.5, 0.6) is 11.5 Å². The number of phenolic OH excluding ortho intramolecular Hbond substituents is 2. The van der Waals surface area contributed by atoms with Crippen LogP contribution >= 0.6 is 27.5 Å². The minimum atomic E-state index is 0.245. The third-order valence-corrected chi connectivity index (χ3v) is 2.43. The van der Waals surface area contributed by atoms with E-state index in [1.165, 1.54) is 0 Å². The summed E-state index contributed by atoms with van der Waals surface area (Å²) < 4.78 is 0.982. The maximum absolute atomic E-state index is 8.74. The van der Waals surface area contributed by atoms with Crippen LogP contribution in [0.1, 0.15) is 0 Å². The molecule has 0 radical (unpaired) electrons. The lowest BCUT2D eigenvalue weighted by Gasteiger charge is -1.87. The van der Waals surface area contributed by atoms with Crippen molar-refractivity contribution in [3.63, 3.8) is 0 Å². The van der Waals surface area contributed by atoms with Crippen LogP contribution in [0.4, 0.5) is 0 Å². The van der Waals surface area contributed by atoms with Crippen molar-refractivity contribution in [3.05, 3.63) is 58.0 Å². The normalized spacial score (nSPS) is 9.12. The van der Waals surface area contributed by atoms with Crippen LogP contribution in [0, 0.1) is 0 Å². The fourth-order valence-electron chi connectivity index (χ4n) is 0.882. The van der Waals surface area contributed by atoms with Gasteiger partial charge in [0.1, 0.15) is 11.5 Å². The van der Waals surface area contributed by atoms with Gasteiger partial charge in [-0.2, -0.15) is 0 Å². The number of benzene rings is 2. The van der Waals surface area contributed by atoms with Gasteiger partial charge in [-0.15, -0.1) is 0 Å². The van der Waals surface area contributed by atoms with E-state index in [4.69, 9.17) is 21.8 Å². The Morgan fingerprint density at radius 3 is 1.44 bits per heavy atom. The molecule has 2 N–H and O–H groups in total. The van der Waals surface area contributed by atoms with E-state index >= 15 is 0 Å². The van der Waals surface area contributed by atoms with Gasteiger partial charge >= 0.3 is 0 Å². The van der Waals surface area contributed by atoms with E-state index < -0.39 is 0 Å². The van der Waals surface area contributed by atoms with Gasteiger partial charge in [0.05, 0.1) is 0 Å². The van der Waals surface area contributed by atoms with Crippen LogP contribution in [0.25, 0.3) is 0 Å². The molecule has 0 spiro atoms. The first-order valence-electron chi connectivity index (χ1n) is 4.47. The third-order valence-electron chi connectivity index (χ3n) is 1.65. The minimum Gasteiger partial charge on any atom is -0.508 e. The third kappa shape index (κ3) is 5.05. The molecule has 84 valence electrons. The molecule has 0 heterocycles. The van der Waals surface area contributed by atoms with Crippen LogP contribution in [-0.4, -0.2) is 10.2 Å². The molecule has 4 heteroatoms. The van der Waals surface area contributed by atoms with Gasteiger partial charge in [-0.1, -0.05) is 27.5 Å². The predicted octanol–water partition coefficient (Wildman–Crippen LogP) is 4.20. The summed E-state index contributed by atoms with van der Waals surface area (Å²) in [5, 5.41) is 18.1. The molecule has 0 unspecified atom stereocenters. The van der Waals surface area contributed by atoms with Crippen molar-refractivity contribution in [1.29, 1.82) is 0 Å². The Morgan fingerprint density at radius 1 is 0.750 bits per heavy atom. The Morgan fingerprint density at radius 2 is 1.12 bits per heavy atom. The second-order valence-electron chi connectivity index (χ2n) is 2.95. The topological polar surface area (TPSA) is 40.5 Å². The summed E-state index contributed by atoms with van der Waals surface area (Å²) in [6, 6.07) is 13.2. The zero-order valence-corrected chi connectivity index (χ0v) is 10.6. The van der Waals surface area contributed by atoms with Gasteiger partial charge in [-0.3, -0.25) is 0 Å². The highest BCUT2D eigenvalue weighted by Crippen LogP contribution is 2.14. The number of halogens is 2. The van der Waals surface area contributed by atoms with Gasteiger partial charge in [0, 0.05) is 9.50 Å². The smallest absolute Gasteiger partial charge is 0.115 e. The van der Waals surface area contributed by atoms with Crippen molar-refractivity contribution in [2.45, 2.75) is 0 Å². The van der Waals surface area contributed by atoms with E-state index in [2.05, 4.69) is 15.9 Å². The summed E-state index contributed by atoms with van der Waals surface area (Å²) in [4.78, 5) is 0. The van der Waals surface area contributed by atoms with Gasteiger partial charge in [0.15, 0.2) is 0 Å². The standard InChI is InChI=1S/C6H5BrO.C6H5ClO/c2*7-5-1-3-6(8)4-2-5/h2*1-4,8H. The van der Waals surface area contributed by atoms with Gasteiger partial charge in [-0.25, -0.2) is 0 Å². The van der Waals surface area contributed by atoms with E-state index in [0.717, 1.165) is 4.47 Å². The lowest BCUT2D eigenvalue weighted by Crippen LogP contribution is -1.61. The van der Waals surface area contributed by atoms with E-state index in [-0.39, 0.29) is 5.75 Å². The van der Waals surface area contributed by atoms with Crippen LogP contribution < -0.4 is 0 Å². The Bertz CT molecular complexity index is 340. The first-order chi connectivity index (χ1) is 7.58. The van der Waals surface area contributed by atoms with Crippen molar-refractivity contribution >= 4 is 27.5 Å². The highest BCUT2D eigenvalue weighted by atomic mass is 79.9. The highest BCUT2D eigenvalue weighted by molar-refractivity contribution is 9.10. The lowest BCUT2D eigenvalue weighted by atomic mass is 10.3. The lowest BCUT2D eigenvalue weighted by molar-refractivity contribution is 0.474. The van der Waals surface area contributed by atoms with E-state index in [1.54, 1.807) is 48.5 Å². The molecular formula is C12H10BrClO2. The van der Waals surface area contributed by atoms with Crippen LogP contribution in [0.2, 0.25) is 5.02 Å². The molecule has 0 aliphatic heterocycles. The van der Waals surface area contributed by atoms with Crippen LogP contribution in [-0.2, 0) is 0 Å². The number of aromatic hydroxyl groups is 2. The summed E-state index contributed by atoms with van der Waals surface area (Å²) >= 11 is 8.73. The second kappa shape index (κ2) is 6.40. The largest absolute Gasteiger partial charge is 0.508 e. The molecule has 0 bridgehead atoms. The molecule has 0 amide bonds. The molecule has 2 aromatic rings. The molecule has 0 saturated carbocycles. The zero-order chi connectivity index (χ0) is 12.0. The molecule has 2 rings (SSSR count). The predicted molar refractivity (Wildman–Crippen MR) is 68.9 cm³/mol. The highest BCUT2D eigenvalue weighted by Gasteiger charge is 1.84. The molecule has 0 aromatic heterocycles. The Balaban J connectivity index is 0.000000160. The van der Waals surface area contributed by atoms with Crippen LogP contribution in [0.15, 0.2) is 53.0 Å². The van der Waals surface area contributed by atoms with Gasteiger partial charge in [-0.05, 0) is 48.5 Å². The SMILES string of the molecule is Oc1ccc(Br)cc1.Oc1ccc(Cl)cc1. The monoisotopic (exact) mass is 300 g/mol. The number of phenols is 2. The van der Waals surface area contributed by atoms with Crippen molar-refractivity contribution in [1.82, 2.24) is 0 Å². The second-order valence-corrected chi connectivity index (χ2v) is 4.30. The maximum atomic E-state index is 8.74. The van der Waals surface area contributed by atoms with Crippen molar-refractivity contribution < 1.29 is 10.2 Å². The van der Waals surface area contributed by atoms with E-state index in [0.29, 0.717) is 10.8 Å². The minimum absolute atomic E-state index is 0.245. The number of hydrogen-bond donors (Lipinski definition) is 2. The number of hydrogen-bond acceptors (Lipinski definition) is 2. The molecule has 0 fully saturated rings. The molecule has 0 aliphatic carbocycles. The molecule has 0 aliphatic rings. The zero-order valence-electron chi connectivity index (χ0n) is 8.27. The first-order valence-corrected chi connectivity index (χ1v) is 5.64. The van der Waals surface area contributed by atoms with Gasteiger partial charge < -0.3 is 10.2 Å². The molecule has 2 nitrogen and oxygen atoms in total. The van der Waals surface area contributed by atoms with E-state index in [9.17, 15) is 0 Å². The fraction of sp³-hybridized carbons (Fsp3) is 0. The maximum Gasteiger partial charge on any atom is 0.115 e. The van der Waals surface area contributed by atoms with Crippen molar-refractivity contribution in [3.8, 4) is 11.5 Å². The summed E-state index contributed by atoms with van der Waals surface area (Å²) in [6.45, 7) is 0. The average Bonchev–Trinajstić information content (AvgIpc) is 2.28. The molecule has 0 saturated heterocycles. The summed E-state index contributed by atoms with van der Waals surface area (Å²) in [5.74, 6) is 0.544. The summed E-state index contributed by atoms with van der Waals surface area (Å²) in [5.41, 5.74) is 0. The quantitative estimate of drug-likeness (QED) is 0.765. The Hall–Kier alpha value is -1.19. The van der Waals surface area contributed by atoms with Crippen molar-refractivity contribution in [2.75, 3.05) is 0 Å². The molecule has 0 atom stereocenters. The van der Waals surface area contributed by atoms with Crippen molar-refractivity contribution in [2.24, 2.45) is 0 Å². The Labute approximate surface area is 107 Å². The molecule has 2 aromatic carbocycles. The summed E-state index contributed by atoms with van der Waals surface area (Å²) in [7, 11) is 0. The molecule has 16 heavy (non-hydrogen) atoms. The molecular weight excluding hydrogens is 291 g/mol. The summed E-state index contributed by atoms with van der Waals surface area (Å²) in [6.07, 6.45) is 0. The van der Waals surface area contributed by atoms with E-state index in [1.807, 2.05) is 0 Å². The van der Waals surface area contributed by atoms with Gasteiger partial charge in [0.2, 0.25) is 0 Å². The Kier molecular flexibility index (Phi) is 5.15.